The quantitative estimate of drug-likeness (QED) is 0.689. The highest BCUT2D eigenvalue weighted by atomic mass is 16.7. The largest absolute Gasteiger partial charge is 0.466 e. The van der Waals surface area contributed by atoms with Gasteiger partial charge < -0.3 is 14.2 Å². The molecule has 2 rings (SSSR count). The molecule has 0 aliphatic carbocycles. The molecule has 2 fully saturated rings. The van der Waals surface area contributed by atoms with Gasteiger partial charge in [0, 0.05) is 19.4 Å². The summed E-state index contributed by atoms with van der Waals surface area (Å²) in [6.45, 7) is 4.85. The molecule has 2 aliphatic heterocycles. The van der Waals surface area contributed by atoms with Crippen molar-refractivity contribution in [2.75, 3.05) is 13.2 Å². The van der Waals surface area contributed by atoms with Crippen LogP contribution in [0, 0.1) is 5.92 Å². The first-order valence-electron chi connectivity index (χ1n) is 6.19. The fraction of sp³-hybridized carbons (Fsp3) is 0.917. The van der Waals surface area contributed by atoms with Crippen molar-refractivity contribution in [2.24, 2.45) is 5.92 Å². The molecule has 2 bridgehead atoms. The van der Waals surface area contributed by atoms with E-state index in [9.17, 15) is 4.79 Å². The van der Waals surface area contributed by atoms with Crippen molar-refractivity contribution in [2.45, 2.75) is 51.4 Å². The molecule has 0 spiro atoms. The van der Waals surface area contributed by atoms with E-state index in [1.165, 1.54) is 0 Å². The van der Waals surface area contributed by atoms with Crippen LogP contribution >= 0.6 is 0 Å². The summed E-state index contributed by atoms with van der Waals surface area (Å²) in [5, 5.41) is 0. The van der Waals surface area contributed by atoms with Gasteiger partial charge in [-0.3, -0.25) is 4.79 Å². The van der Waals surface area contributed by atoms with Crippen LogP contribution in [0.4, 0.5) is 0 Å². The summed E-state index contributed by atoms with van der Waals surface area (Å²) in [5.41, 5.74) is 0. The van der Waals surface area contributed by atoms with Crippen molar-refractivity contribution in [1.82, 2.24) is 0 Å². The fourth-order valence-corrected chi connectivity index (χ4v) is 2.78. The lowest BCUT2D eigenvalue weighted by atomic mass is 9.99. The average Bonchev–Trinajstić information content (AvgIpc) is 2.51. The van der Waals surface area contributed by atoms with E-state index < -0.39 is 5.79 Å². The third-order valence-corrected chi connectivity index (χ3v) is 3.39. The summed E-state index contributed by atoms with van der Waals surface area (Å²) >= 11 is 0. The van der Waals surface area contributed by atoms with E-state index in [1.54, 1.807) is 0 Å². The Morgan fingerprint density at radius 2 is 2.25 bits per heavy atom. The van der Waals surface area contributed by atoms with Crippen LogP contribution < -0.4 is 0 Å². The number of ether oxygens (including phenoxy) is 3. The first-order chi connectivity index (χ1) is 7.71. The molecule has 2 aliphatic rings. The molecule has 0 aromatic rings. The highest BCUT2D eigenvalue weighted by Gasteiger charge is 2.52. The van der Waals surface area contributed by atoms with Gasteiger partial charge in [-0.05, 0) is 26.7 Å². The molecule has 4 nitrogen and oxygen atoms in total. The highest BCUT2D eigenvalue weighted by Crippen LogP contribution is 2.45. The molecule has 0 aromatic carbocycles. The van der Waals surface area contributed by atoms with Crippen molar-refractivity contribution < 1.29 is 19.0 Å². The molecular formula is C12H20O4. The topological polar surface area (TPSA) is 44.8 Å². The van der Waals surface area contributed by atoms with Crippen LogP contribution in [0.3, 0.4) is 0 Å². The molecule has 2 saturated heterocycles. The van der Waals surface area contributed by atoms with Gasteiger partial charge in [-0.1, -0.05) is 0 Å². The van der Waals surface area contributed by atoms with E-state index >= 15 is 0 Å². The number of hydrogen-bond acceptors (Lipinski definition) is 4. The van der Waals surface area contributed by atoms with Crippen LogP contribution in [0.15, 0.2) is 0 Å². The molecule has 0 radical (unpaired) electrons. The Kier molecular flexibility index (Phi) is 3.50. The number of esters is 1. The third kappa shape index (κ3) is 2.09. The van der Waals surface area contributed by atoms with Crippen LogP contribution in [0.25, 0.3) is 0 Å². The predicted octanol–water partition coefficient (Wildman–Crippen LogP) is 1.87. The molecule has 4 heteroatoms. The van der Waals surface area contributed by atoms with E-state index in [2.05, 4.69) is 0 Å². The van der Waals surface area contributed by atoms with Crippen molar-refractivity contribution in [3.8, 4) is 0 Å². The molecule has 16 heavy (non-hydrogen) atoms. The van der Waals surface area contributed by atoms with E-state index in [-0.39, 0.29) is 18.0 Å². The molecule has 3 atom stereocenters. The zero-order chi connectivity index (χ0) is 11.6. The number of rotatable bonds is 4. The third-order valence-electron chi connectivity index (χ3n) is 3.39. The lowest BCUT2D eigenvalue weighted by Crippen LogP contribution is -2.35. The second kappa shape index (κ2) is 4.72. The van der Waals surface area contributed by atoms with Crippen LogP contribution in [-0.2, 0) is 19.0 Å². The zero-order valence-corrected chi connectivity index (χ0v) is 10.0. The van der Waals surface area contributed by atoms with Crippen molar-refractivity contribution in [3.05, 3.63) is 0 Å². The number of carbonyl (C=O) groups excluding carboxylic acids is 1. The first kappa shape index (κ1) is 11.9. The van der Waals surface area contributed by atoms with Crippen LogP contribution in [0.2, 0.25) is 0 Å². The minimum absolute atomic E-state index is 0.000602. The van der Waals surface area contributed by atoms with Crippen molar-refractivity contribution in [1.29, 1.82) is 0 Å². The van der Waals surface area contributed by atoms with Crippen LogP contribution in [0.1, 0.15) is 39.5 Å². The Morgan fingerprint density at radius 3 is 2.94 bits per heavy atom. The molecule has 92 valence electrons. The zero-order valence-electron chi connectivity index (χ0n) is 10.0. The van der Waals surface area contributed by atoms with E-state index in [1.807, 2.05) is 13.8 Å². The Bertz CT molecular complexity index is 262. The summed E-state index contributed by atoms with van der Waals surface area (Å²) in [6, 6.07) is 0. The summed E-state index contributed by atoms with van der Waals surface area (Å²) in [7, 11) is 0. The van der Waals surface area contributed by atoms with Crippen LogP contribution in [0.5, 0.6) is 0 Å². The highest BCUT2D eigenvalue weighted by molar-refractivity contribution is 5.73. The number of fused-ring (bicyclic) bond motifs is 2. The van der Waals surface area contributed by atoms with Gasteiger partial charge in [0.1, 0.15) is 0 Å². The Hall–Kier alpha value is -0.610. The van der Waals surface area contributed by atoms with Crippen molar-refractivity contribution >= 4 is 5.97 Å². The molecule has 0 amide bonds. The molecule has 0 N–H and O–H groups in total. The van der Waals surface area contributed by atoms with Gasteiger partial charge in [0.05, 0.1) is 18.6 Å². The van der Waals surface area contributed by atoms with Gasteiger partial charge in [-0.15, -0.1) is 0 Å². The monoisotopic (exact) mass is 228 g/mol. The Balaban J connectivity index is 2.05. The van der Waals surface area contributed by atoms with Gasteiger partial charge in [0.25, 0.3) is 0 Å². The minimum Gasteiger partial charge on any atom is -0.466 e. The normalized spacial score (nSPS) is 37.4. The fourth-order valence-electron chi connectivity index (χ4n) is 2.78. The van der Waals surface area contributed by atoms with Crippen LogP contribution in [-0.4, -0.2) is 31.1 Å². The molecular weight excluding hydrogens is 208 g/mol. The summed E-state index contributed by atoms with van der Waals surface area (Å²) < 4.78 is 16.7. The standard InChI is InChI=1S/C12H20O4/c1-3-14-11(13)9-8-12(15-4-2)7-5-6-10(9)16-12/h9-10H,3-8H2,1-2H3/t9-,10+,12-/m1/s1. The predicted molar refractivity (Wildman–Crippen MR) is 57.8 cm³/mol. The van der Waals surface area contributed by atoms with E-state index in [0.29, 0.717) is 19.6 Å². The maximum absolute atomic E-state index is 11.8. The maximum Gasteiger partial charge on any atom is 0.311 e. The van der Waals surface area contributed by atoms with Gasteiger partial charge >= 0.3 is 5.97 Å². The maximum atomic E-state index is 11.8. The lowest BCUT2D eigenvalue weighted by molar-refractivity contribution is -0.244. The average molecular weight is 228 g/mol. The van der Waals surface area contributed by atoms with Gasteiger partial charge in [0.15, 0.2) is 5.79 Å². The Morgan fingerprint density at radius 1 is 1.44 bits per heavy atom. The lowest BCUT2D eigenvalue weighted by Gasteiger charge is -2.32. The number of hydrogen-bond donors (Lipinski definition) is 0. The summed E-state index contributed by atoms with van der Waals surface area (Å²) in [4.78, 5) is 11.8. The minimum atomic E-state index is -0.505. The van der Waals surface area contributed by atoms with Gasteiger partial charge in [0.2, 0.25) is 0 Å². The smallest absolute Gasteiger partial charge is 0.311 e. The van der Waals surface area contributed by atoms with Crippen molar-refractivity contribution in [3.63, 3.8) is 0 Å². The number of carbonyl (C=O) groups is 1. The second-order valence-electron chi connectivity index (χ2n) is 4.45. The van der Waals surface area contributed by atoms with E-state index in [4.69, 9.17) is 14.2 Å². The second-order valence-corrected chi connectivity index (χ2v) is 4.45. The van der Waals surface area contributed by atoms with E-state index in [0.717, 1.165) is 19.3 Å². The summed E-state index contributed by atoms with van der Waals surface area (Å²) in [6.07, 6.45) is 3.57. The van der Waals surface area contributed by atoms with Gasteiger partial charge in [-0.25, -0.2) is 0 Å². The Labute approximate surface area is 96.2 Å². The SMILES string of the molecule is CCOC(=O)[C@@H]1C[C@@]2(OCC)CCC[C@@H]1O2. The molecule has 2 heterocycles. The molecule has 0 saturated carbocycles. The first-order valence-corrected chi connectivity index (χ1v) is 6.19. The molecule has 0 unspecified atom stereocenters. The molecule has 0 aromatic heterocycles. The van der Waals surface area contributed by atoms with Gasteiger partial charge in [-0.2, -0.15) is 0 Å². The summed E-state index contributed by atoms with van der Waals surface area (Å²) in [5.74, 6) is -0.764.